The Labute approximate surface area is 128 Å². The van der Waals surface area contributed by atoms with Crippen LogP contribution in [-0.2, 0) is 4.79 Å². The highest BCUT2D eigenvalue weighted by molar-refractivity contribution is 7.21. The number of carboxylic acid groups (broad SMARTS) is 1. The van der Waals surface area contributed by atoms with Gasteiger partial charge in [-0.25, -0.2) is 4.79 Å². The van der Waals surface area contributed by atoms with E-state index in [9.17, 15) is 9.59 Å². The number of hydrogen-bond acceptors (Lipinski definition) is 4. The second kappa shape index (κ2) is 5.99. The number of benzene rings is 1. The van der Waals surface area contributed by atoms with Crippen LogP contribution in [0.1, 0.15) is 23.0 Å². The van der Waals surface area contributed by atoms with E-state index in [2.05, 4.69) is 0 Å². The van der Waals surface area contributed by atoms with Crippen molar-refractivity contribution in [2.75, 3.05) is 6.61 Å². The summed E-state index contributed by atoms with van der Waals surface area (Å²) in [7, 11) is 0. The van der Waals surface area contributed by atoms with E-state index in [1.165, 1.54) is 11.3 Å². The molecule has 0 spiro atoms. The first-order valence-corrected chi connectivity index (χ1v) is 7.30. The molecule has 7 heteroatoms. The van der Waals surface area contributed by atoms with Gasteiger partial charge in [-0.3, -0.25) is 4.79 Å². The summed E-state index contributed by atoms with van der Waals surface area (Å²) in [5.74, 6) is -0.893. The molecular weight excluding hydrogens is 323 g/mol. The zero-order valence-corrected chi connectivity index (χ0v) is 12.7. The Kier molecular flexibility index (Phi) is 4.52. The topological polar surface area (TPSA) is 63.6 Å². The molecule has 0 radical (unpaired) electrons. The third-order valence-electron chi connectivity index (χ3n) is 2.60. The van der Waals surface area contributed by atoms with Gasteiger partial charge >= 0.3 is 5.97 Å². The average molecular weight is 333 g/mol. The van der Waals surface area contributed by atoms with Crippen molar-refractivity contribution >= 4 is 56.4 Å². The molecule has 0 amide bonds. The number of thiophene rings is 1. The first-order chi connectivity index (χ1) is 9.43. The number of Topliss-reactive ketones (excluding diaryl/α,β-unsaturated/α-hetero) is 1. The van der Waals surface area contributed by atoms with Crippen LogP contribution in [0.5, 0.6) is 5.75 Å². The number of halogens is 2. The molecule has 0 bridgehead atoms. The number of fused-ring (bicyclic) bond motifs is 1. The van der Waals surface area contributed by atoms with E-state index in [1.807, 2.05) is 0 Å². The van der Waals surface area contributed by atoms with Crippen LogP contribution < -0.4 is 4.74 Å². The number of ether oxygens (including phenoxy) is 1. The summed E-state index contributed by atoms with van der Waals surface area (Å²) in [6.07, 6.45) is 0.403. The molecule has 4 nitrogen and oxygen atoms in total. The van der Waals surface area contributed by atoms with E-state index < -0.39 is 12.6 Å². The summed E-state index contributed by atoms with van der Waals surface area (Å²) in [6.45, 7) is 1.27. The van der Waals surface area contributed by atoms with Gasteiger partial charge in [0.15, 0.2) is 12.4 Å². The molecule has 0 aliphatic rings. The number of rotatable bonds is 5. The number of carbonyl (C=O) groups excluding carboxylic acids is 1. The van der Waals surface area contributed by atoms with Crippen LogP contribution in [0.3, 0.4) is 0 Å². The second-order valence-corrected chi connectivity index (χ2v) is 5.80. The third kappa shape index (κ3) is 2.90. The van der Waals surface area contributed by atoms with Crippen molar-refractivity contribution in [1.82, 2.24) is 0 Å². The Morgan fingerprint density at radius 1 is 1.30 bits per heavy atom. The van der Waals surface area contributed by atoms with Crippen molar-refractivity contribution in [3.05, 3.63) is 27.1 Å². The molecule has 0 unspecified atom stereocenters. The molecule has 0 saturated heterocycles. The maximum Gasteiger partial charge on any atom is 0.341 e. The van der Waals surface area contributed by atoms with Crippen molar-refractivity contribution < 1.29 is 19.4 Å². The number of carboxylic acids is 1. The van der Waals surface area contributed by atoms with Gasteiger partial charge in [-0.2, -0.15) is 0 Å². The van der Waals surface area contributed by atoms with Gasteiger partial charge in [0.2, 0.25) is 0 Å². The highest BCUT2D eigenvalue weighted by Gasteiger charge is 2.17. The van der Waals surface area contributed by atoms with Gasteiger partial charge in [0.1, 0.15) is 10.8 Å². The summed E-state index contributed by atoms with van der Waals surface area (Å²) < 4.78 is 5.78. The Morgan fingerprint density at radius 2 is 2.00 bits per heavy atom. The molecule has 0 fully saturated rings. The summed E-state index contributed by atoms with van der Waals surface area (Å²) in [5, 5.41) is 9.74. The number of ketones is 1. The number of aliphatic carboxylic acids is 1. The SMILES string of the molecule is CCC(=O)c1cc2cc(OCC(=O)O)c(Cl)c(Cl)c2s1. The van der Waals surface area contributed by atoms with Crippen molar-refractivity contribution in [2.24, 2.45) is 0 Å². The maximum absolute atomic E-state index is 11.7. The lowest BCUT2D eigenvalue weighted by Crippen LogP contribution is -2.09. The van der Waals surface area contributed by atoms with E-state index in [0.717, 1.165) is 0 Å². The van der Waals surface area contributed by atoms with Gasteiger partial charge in [-0.05, 0) is 17.5 Å². The minimum atomic E-state index is -1.11. The highest BCUT2D eigenvalue weighted by atomic mass is 35.5. The average Bonchev–Trinajstić information content (AvgIpc) is 2.84. The second-order valence-electron chi connectivity index (χ2n) is 3.99. The van der Waals surface area contributed by atoms with E-state index >= 15 is 0 Å². The zero-order valence-electron chi connectivity index (χ0n) is 10.4. The molecule has 1 N–H and O–H groups in total. The fourth-order valence-electron chi connectivity index (χ4n) is 1.65. The van der Waals surface area contributed by atoms with Gasteiger partial charge in [-0.1, -0.05) is 30.1 Å². The lowest BCUT2D eigenvalue weighted by atomic mass is 10.2. The van der Waals surface area contributed by atoms with Crippen LogP contribution in [0.15, 0.2) is 12.1 Å². The van der Waals surface area contributed by atoms with Crippen LogP contribution in [-0.4, -0.2) is 23.5 Å². The normalized spacial score (nSPS) is 10.8. The Hall–Kier alpha value is -1.30. The molecule has 0 aliphatic carbocycles. The van der Waals surface area contributed by atoms with Crippen molar-refractivity contribution in [1.29, 1.82) is 0 Å². The molecule has 1 aromatic carbocycles. The molecule has 1 aromatic heterocycles. The molecule has 106 valence electrons. The fraction of sp³-hybridized carbons (Fsp3) is 0.231. The molecular formula is C13H10Cl2O4S. The first-order valence-electron chi connectivity index (χ1n) is 5.73. The molecule has 0 saturated carbocycles. The third-order valence-corrected chi connectivity index (χ3v) is 4.77. The van der Waals surface area contributed by atoms with E-state index in [4.69, 9.17) is 33.0 Å². The standard InChI is InChI=1S/C13H10Cl2O4S/c1-2-7(16)9-4-6-3-8(19-5-10(17)18)11(14)12(15)13(6)20-9/h3-4H,2,5H2,1H3,(H,17,18). The van der Waals surface area contributed by atoms with Crippen LogP contribution in [0.2, 0.25) is 10.0 Å². The van der Waals surface area contributed by atoms with Crippen molar-refractivity contribution in [3.8, 4) is 5.75 Å². The minimum Gasteiger partial charge on any atom is -0.480 e. The highest BCUT2D eigenvalue weighted by Crippen LogP contribution is 2.42. The summed E-state index contributed by atoms with van der Waals surface area (Å²) in [5.41, 5.74) is 0. The predicted octanol–water partition coefficient (Wildman–Crippen LogP) is 4.26. The minimum absolute atomic E-state index is 0.0198. The molecule has 2 aromatic rings. The fourth-order valence-corrected chi connectivity index (χ4v) is 3.32. The quantitative estimate of drug-likeness (QED) is 0.830. The molecule has 20 heavy (non-hydrogen) atoms. The van der Waals surface area contributed by atoms with E-state index in [1.54, 1.807) is 19.1 Å². The van der Waals surface area contributed by atoms with Crippen LogP contribution in [0.4, 0.5) is 0 Å². The lowest BCUT2D eigenvalue weighted by Gasteiger charge is -2.07. The van der Waals surface area contributed by atoms with Crippen molar-refractivity contribution in [2.45, 2.75) is 13.3 Å². The first kappa shape index (κ1) is 15.1. The summed E-state index contributed by atoms with van der Waals surface area (Å²) in [4.78, 5) is 22.8. The van der Waals surface area contributed by atoms with Gasteiger partial charge in [-0.15, -0.1) is 11.3 Å². The molecule has 1 heterocycles. The number of hydrogen-bond donors (Lipinski definition) is 1. The Bertz CT molecular complexity index is 693. The molecule has 0 atom stereocenters. The number of carbonyl (C=O) groups is 2. The Balaban J connectivity index is 2.49. The summed E-state index contributed by atoms with van der Waals surface area (Å²) in [6, 6.07) is 3.30. The van der Waals surface area contributed by atoms with E-state index in [-0.39, 0.29) is 21.6 Å². The van der Waals surface area contributed by atoms with Crippen LogP contribution >= 0.6 is 34.5 Å². The van der Waals surface area contributed by atoms with E-state index in [0.29, 0.717) is 21.4 Å². The summed E-state index contributed by atoms with van der Waals surface area (Å²) >= 11 is 13.5. The van der Waals surface area contributed by atoms with Gasteiger partial charge < -0.3 is 9.84 Å². The smallest absolute Gasteiger partial charge is 0.341 e. The van der Waals surface area contributed by atoms with Gasteiger partial charge in [0.25, 0.3) is 0 Å². The Morgan fingerprint density at radius 3 is 2.60 bits per heavy atom. The molecule has 0 aliphatic heterocycles. The van der Waals surface area contributed by atoms with Crippen LogP contribution in [0, 0.1) is 0 Å². The van der Waals surface area contributed by atoms with Gasteiger partial charge in [0.05, 0.1) is 14.6 Å². The molecule has 2 rings (SSSR count). The van der Waals surface area contributed by atoms with Gasteiger partial charge in [0, 0.05) is 6.42 Å². The van der Waals surface area contributed by atoms with Crippen molar-refractivity contribution in [3.63, 3.8) is 0 Å². The largest absolute Gasteiger partial charge is 0.480 e. The predicted molar refractivity (Wildman–Crippen MR) is 79.6 cm³/mol. The maximum atomic E-state index is 11.7. The zero-order chi connectivity index (χ0) is 14.9. The van der Waals surface area contributed by atoms with Crippen LogP contribution in [0.25, 0.3) is 10.1 Å². The monoisotopic (exact) mass is 332 g/mol. The lowest BCUT2D eigenvalue weighted by molar-refractivity contribution is -0.139.